The highest BCUT2D eigenvalue weighted by atomic mass is 15.3. The van der Waals surface area contributed by atoms with Gasteiger partial charge in [0.05, 0.1) is 23.6 Å². The van der Waals surface area contributed by atoms with Gasteiger partial charge in [-0.05, 0) is 32.8 Å². The molecule has 0 bridgehead atoms. The molecule has 0 saturated heterocycles. The lowest BCUT2D eigenvalue weighted by atomic mass is 10.2. The number of nitrogens with zero attached hydrogens (tertiary/aromatic N) is 6. The van der Waals surface area contributed by atoms with Gasteiger partial charge in [0, 0.05) is 18.7 Å². The number of aryl methyl sites for hydroxylation is 1. The van der Waals surface area contributed by atoms with Crippen LogP contribution in [0.2, 0.25) is 0 Å². The van der Waals surface area contributed by atoms with Crippen LogP contribution in [0.25, 0.3) is 5.65 Å². The molecular formula is C15H19N7. The second-order valence-corrected chi connectivity index (χ2v) is 5.97. The molecule has 0 aliphatic heterocycles. The van der Waals surface area contributed by atoms with Gasteiger partial charge in [-0.25, -0.2) is 4.98 Å². The van der Waals surface area contributed by atoms with Gasteiger partial charge in [-0.3, -0.25) is 0 Å². The first-order chi connectivity index (χ1) is 10.6. The lowest BCUT2D eigenvalue weighted by Crippen LogP contribution is -2.09. The average molecular weight is 297 g/mol. The quantitative estimate of drug-likeness (QED) is 0.797. The fraction of sp³-hybridized carbons (Fsp3) is 0.467. The van der Waals surface area contributed by atoms with Crippen LogP contribution in [0.4, 0.5) is 5.69 Å². The van der Waals surface area contributed by atoms with Crippen molar-refractivity contribution < 1.29 is 0 Å². The van der Waals surface area contributed by atoms with Gasteiger partial charge in [-0.15, -0.1) is 10.2 Å². The Bertz CT molecular complexity index is 841. The molecule has 22 heavy (non-hydrogen) atoms. The lowest BCUT2D eigenvalue weighted by Gasteiger charge is -2.09. The summed E-state index contributed by atoms with van der Waals surface area (Å²) in [5.41, 5.74) is 5.10. The van der Waals surface area contributed by atoms with Gasteiger partial charge in [-0.1, -0.05) is 0 Å². The molecule has 7 nitrogen and oxygen atoms in total. The molecule has 114 valence electrons. The molecule has 1 aliphatic rings. The van der Waals surface area contributed by atoms with Crippen LogP contribution in [0.3, 0.4) is 0 Å². The van der Waals surface area contributed by atoms with E-state index in [1.54, 1.807) is 10.8 Å². The number of hydrogen-bond acceptors (Lipinski definition) is 5. The average Bonchev–Trinajstić information content (AvgIpc) is 3.21. The number of aromatic nitrogens is 6. The second-order valence-electron chi connectivity index (χ2n) is 5.97. The zero-order valence-electron chi connectivity index (χ0n) is 13.0. The van der Waals surface area contributed by atoms with Crippen molar-refractivity contribution in [2.45, 2.75) is 39.2 Å². The molecule has 0 unspecified atom stereocenters. The molecule has 0 spiro atoms. The van der Waals surface area contributed by atoms with Crippen LogP contribution in [0.15, 0.2) is 12.4 Å². The van der Waals surface area contributed by atoms with Crippen molar-refractivity contribution in [1.29, 1.82) is 0 Å². The Morgan fingerprint density at radius 1 is 1.32 bits per heavy atom. The molecule has 1 N–H and O–H groups in total. The van der Waals surface area contributed by atoms with E-state index in [1.165, 1.54) is 18.5 Å². The minimum atomic E-state index is 0.588. The van der Waals surface area contributed by atoms with Crippen LogP contribution in [0.5, 0.6) is 0 Å². The topological polar surface area (TPSA) is 72.9 Å². The van der Waals surface area contributed by atoms with Gasteiger partial charge in [0.2, 0.25) is 5.65 Å². The predicted molar refractivity (Wildman–Crippen MR) is 82.8 cm³/mol. The number of anilines is 1. The smallest absolute Gasteiger partial charge is 0.200 e. The summed E-state index contributed by atoms with van der Waals surface area (Å²) in [7, 11) is 2.04. The maximum atomic E-state index is 4.60. The molecule has 1 fully saturated rings. The Morgan fingerprint density at radius 2 is 2.14 bits per heavy atom. The van der Waals surface area contributed by atoms with E-state index >= 15 is 0 Å². The van der Waals surface area contributed by atoms with E-state index in [4.69, 9.17) is 0 Å². The number of imidazole rings is 1. The van der Waals surface area contributed by atoms with Crippen molar-refractivity contribution in [3.63, 3.8) is 0 Å². The monoisotopic (exact) mass is 297 g/mol. The summed E-state index contributed by atoms with van der Waals surface area (Å²) in [5, 5.41) is 16.1. The van der Waals surface area contributed by atoms with Crippen molar-refractivity contribution in [2.75, 3.05) is 5.32 Å². The number of hydrogen-bond donors (Lipinski definition) is 1. The van der Waals surface area contributed by atoms with E-state index in [9.17, 15) is 0 Å². The largest absolute Gasteiger partial charge is 0.375 e. The molecule has 0 amide bonds. The highest BCUT2D eigenvalue weighted by molar-refractivity contribution is 5.66. The zero-order chi connectivity index (χ0) is 15.3. The summed E-state index contributed by atoms with van der Waals surface area (Å²) in [4.78, 5) is 4.60. The number of fused-ring (bicyclic) bond motifs is 1. The maximum Gasteiger partial charge on any atom is 0.200 e. The molecule has 3 aromatic heterocycles. The first-order valence-corrected chi connectivity index (χ1v) is 7.57. The van der Waals surface area contributed by atoms with E-state index in [2.05, 4.69) is 43.2 Å². The van der Waals surface area contributed by atoms with E-state index in [0.29, 0.717) is 12.5 Å². The minimum Gasteiger partial charge on any atom is -0.375 e. The molecule has 0 atom stereocenters. The number of nitrogens with one attached hydrogen (secondary N) is 1. The molecule has 1 saturated carbocycles. The van der Waals surface area contributed by atoms with Gasteiger partial charge in [0.1, 0.15) is 12.2 Å². The normalized spacial score (nSPS) is 14.7. The summed E-state index contributed by atoms with van der Waals surface area (Å²) in [5.74, 6) is 1.60. The second kappa shape index (κ2) is 4.79. The van der Waals surface area contributed by atoms with Crippen molar-refractivity contribution in [1.82, 2.24) is 29.4 Å². The minimum absolute atomic E-state index is 0.588. The van der Waals surface area contributed by atoms with Gasteiger partial charge in [0.15, 0.2) is 0 Å². The van der Waals surface area contributed by atoms with Crippen LogP contribution >= 0.6 is 0 Å². The Hall–Kier alpha value is -2.44. The summed E-state index contributed by atoms with van der Waals surface area (Å²) < 4.78 is 3.87. The van der Waals surface area contributed by atoms with Gasteiger partial charge in [0.25, 0.3) is 0 Å². The first kappa shape index (κ1) is 13.2. The van der Waals surface area contributed by atoms with Gasteiger partial charge < -0.3 is 9.88 Å². The van der Waals surface area contributed by atoms with Gasteiger partial charge >= 0.3 is 0 Å². The number of rotatable bonds is 4. The SMILES string of the molecule is Cc1nc(CNc2cc(C3CC3)nn3cnnc23)n(C)c1C. The summed E-state index contributed by atoms with van der Waals surface area (Å²) in [6.45, 7) is 4.77. The summed E-state index contributed by atoms with van der Waals surface area (Å²) in [6.07, 6.45) is 4.09. The summed E-state index contributed by atoms with van der Waals surface area (Å²) in [6, 6.07) is 2.10. The first-order valence-electron chi connectivity index (χ1n) is 7.57. The van der Waals surface area contributed by atoms with E-state index in [1.807, 2.05) is 14.0 Å². The van der Waals surface area contributed by atoms with Crippen LogP contribution < -0.4 is 5.32 Å². The van der Waals surface area contributed by atoms with Crippen molar-refractivity contribution in [3.05, 3.63) is 35.3 Å². The Morgan fingerprint density at radius 3 is 2.82 bits per heavy atom. The van der Waals surface area contributed by atoms with Crippen LogP contribution in [0, 0.1) is 13.8 Å². The molecule has 4 rings (SSSR count). The third kappa shape index (κ3) is 2.13. The predicted octanol–water partition coefficient (Wildman–Crippen LogP) is 1.96. The Labute approximate surface area is 128 Å². The molecule has 0 radical (unpaired) electrons. The van der Waals surface area contributed by atoms with Crippen LogP contribution in [-0.4, -0.2) is 29.4 Å². The molecular weight excluding hydrogens is 278 g/mol. The van der Waals surface area contributed by atoms with E-state index in [-0.39, 0.29) is 0 Å². The Balaban J connectivity index is 1.65. The van der Waals surface area contributed by atoms with E-state index in [0.717, 1.165) is 28.5 Å². The zero-order valence-corrected chi connectivity index (χ0v) is 13.0. The van der Waals surface area contributed by atoms with Crippen LogP contribution in [-0.2, 0) is 13.6 Å². The van der Waals surface area contributed by atoms with Crippen LogP contribution in [0.1, 0.15) is 41.7 Å². The van der Waals surface area contributed by atoms with E-state index < -0.39 is 0 Å². The molecule has 1 aliphatic carbocycles. The van der Waals surface area contributed by atoms with Gasteiger partial charge in [-0.2, -0.15) is 9.61 Å². The fourth-order valence-electron chi connectivity index (χ4n) is 2.67. The molecule has 0 aromatic carbocycles. The van der Waals surface area contributed by atoms with Crippen molar-refractivity contribution >= 4 is 11.3 Å². The highest BCUT2D eigenvalue weighted by Gasteiger charge is 2.26. The molecule has 7 heteroatoms. The molecule has 3 heterocycles. The fourth-order valence-corrected chi connectivity index (χ4v) is 2.67. The third-order valence-corrected chi connectivity index (χ3v) is 4.43. The third-order valence-electron chi connectivity index (χ3n) is 4.43. The summed E-state index contributed by atoms with van der Waals surface area (Å²) >= 11 is 0. The Kier molecular flexibility index (Phi) is 2.88. The highest BCUT2D eigenvalue weighted by Crippen LogP contribution is 2.39. The van der Waals surface area contributed by atoms with Crippen molar-refractivity contribution in [3.8, 4) is 0 Å². The maximum absolute atomic E-state index is 4.60. The van der Waals surface area contributed by atoms with Crippen molar-refractivity contribution in [2.24, 2.45) is 7.05 Å². The lowest BCUT2D eigenvalue weighted by molar-refractivity contribution is 0.788. The standard InChI is InChI=1S/C15H19N7/c1-9-10(2)21(3)14(18-9)7-16-13-6-12(11-4-5-11)20-22-8-17-19-15(13)22/h6,8,11,16H,4-5,7H2,1-3H3. The molecule has 3 aromatic rings.